The van der Waals surface area contributed by atoms with Crippen molar-refractivity contribution < 1.29 is 4.79 Å². The van der Waals surface area contributed by atoms with E-state index in [1.54, 1.807) is 6.07 Å². The number of carbonyl (C=O) groups is 1. The summed E-state index contributed by atoms with van der Waals surface area (Å²) in [5.41, 5.74) is 5.29. The summed E-state index contributed by atoms with van der Waals surface area (Å²) in [5, 5.41) is 6.18. The van der Waals surface area contributed by atoms with Gasteiger partial charge in [-0.15, -0.1) is 0 Å². The molecule has 0 unspecified atom stereocenters. The molecule has 5 heteroatoms. The van der Waals surface area contributed by atoms with Crippen molar-refractivity contribution in [1.29, 1.82) is 0 Å². The lowest BCUT2D eigenvalue weighted by molar-refractivity contribution is -0.115. The van der Waals surface area contributed by atoms with Crippen LogP contribution in [0.3, 0.4) is 0 Å². The van der Waals surface area contributed by atoms with Crippen LogP contribution in [0.15, 0.2) is 71.7 Å². The number of nitrogens with one attached hydrogen (secondary N) is 3. The van der Waals surface area contributed by atoms with Gasteiger partial charge in [0, 0.05) is 18.0 Å². The SMILES string of the molecule is O=C(CNC1c2ccccc2CCc2ccccc21)Nc1cc[nH]c(=O)c1. The number of H-pyrrole nitrogens is 1. The van der Waals surface area contributed by atoms with E-state index in [9.17, 15) is 9.59 Å². The number of aryl methyl sites for hydroxylation is 2. The second-order valence-electron chi connectivity index (χ2n) is 6.70. The van der Waals surface area contributed by atoms with Crippen LogP contribution in [0, 0.1) is 0 Å². The summed E-state index contributed by atoms with van der Waals surface area (Å²) in [4.78, 5) is 26.3. The number of hydrogen-bond acceptors (Lipinski definition) is 3. The highest BCUT2D eigenvalue weighted by atomic mass is 16.2. The molecule has 0 saturated heterocycles. The molecule has 0 bridgehead atoms. The number of amides is 1. The number of anilines is 1. The van der Waals surface area contributed by atoms with Gasteiger partial charge < -0.3 is 10.3 Å². The van der Waals surface area contributed by atoms with E-state index in [0.717, 1.165) is 12.8 Å². The molecule has 0 atom stereocenters. The largest absolute Gasteiger partial charge is 0.329 e. The zero-order valence-corrected chi connectivity index (χ0v) is 14.9. The van der Waals surface area contributed by atoms with Gasteiger partial charge in [-0.25, -0.2) is 0 Å². The number of carbonyl (C=O) groups excluding carboxylic acids is 1. The number of pyridine rings is 1. The number of rotatable bonds is 4. The zero-order valence-electron chi connectivity index (χ0n) is 14.9. The number of aromatic amines is 1. The molecule has 3 N–H and O–H groups in total. The molecule has 3 aromatic rings. The fraction of sp³-hybridized carbons (Fsp3) is 0.182. The molecule has 1 aromatic heterocycles. The second-order valence-corrected chi connectivity index (χ2v) is 6.70. The zero-order chi connectivity index (χ0) is 18.6. The van der Waals surface area contributed by atoms with Crippen LogP contribution < -0.4 is 16.2 Å². The maximum absolute atomic E-state index is 12.4. The van der Waals surface area contributed by atoms with Gasteiger partial charge >= 0.3 is 0 Å². The molecule has 0 aliphatic heterocycles. The van der Waals surface area contributed by atoms with Gasteiger partial charge in [0.15, 0.2) is 0 Å². The summed E-state index contributed by atoms with van der Waals surface area (Å²) < 4.78 is 0. The summed E-state index contributed by atoms with van der Waals surface area (Å²) in [5.74, 6) is -0.181. The van der Waals surface area contributed by atoms with E-state index in [0.29, 0.717) is 5.69 Å². The first-order valence-corrected chi connectivity index (χ1v) is 9.08. The van der Waals surface area contributed by atoms with E-state index in [2.05, 4.69) is 52.0 Å². The van der Waals surface area contributed by atoms with Crippen molar-refractivity contribution in [2.75, 3.05) is 11.9 Å². The minimum absolute atomic E-state index is 0.0372. The summed E-state index contributed by atoms with van der Waals surface area (Å²) in [6, 6.07) is 19.8. The quantitative estimate of drug-likeness (QED) is 0.671. The molecule has 1 aliphatic rings. The first-order valence-electron chi connectivity index (χ1n) is 9.08. The third-order valence-corrected chi connectivity index (χ3v) is 4.92. The highest BCUT2D eigenvalue weighted by molar-refractivity contribution is 5.92. The number of aromatic nitrogens is 1. The molecule has 0 spiro atoms. The van der Waals surface area contributed by atoms with Crippen LogP contribution in [0.1, 0.15) is 28.3 Å². The minimum Gasteiger partial charge on any atom is -0.329 e. The van der Waals surface area contributed by atoms with Crippen LogP contribution in [0.25, 0.3) is 0 Å². The number of fused-ring (bicyclic) bond motifs is 2. The predicted octanol–water partition coefficient (Wildman–Crippen LogP) is 2.79. The van der Waals surface area contributed by atoms with Crippen molar-refractivity contribution in [2.45, 2.75) is 18.9 Å². The Bertz CT molecular complexity index is 978. The van der Waals surface area contributed by atoms with Crippen molar-refractivity contribution in [3.63, 3.8) is 0 Å². The van der Waals surface area contributed by atoms with Crippen LogP contribution in [0.2, 0.25) is 0 Å². The van der Waals surface area contributed by atoms with Crippen molar-refractivity contribution in [1.82, 2.24) is 10.3 Å². The minimum atomic E-state index is -0.243. The maximum Gasteiger partial charge on any atom is 0.249 e. The highest BCUT2D eigenvalue weighted by Gasteiger charge is 2.23. The lowest BCUT2D eigenvalue weighted by Crippen LogP contribution is -2.32. The summed E-state index contributed by atoms with van der Waals surface area (Å²) in [7, 11) is 0. The van der Waals surface area contributed by atoms with Crippen molar-refractivity contribution in [2.24, 2.45) is 0 Å². The number of hydrogen-bond donors (Lipinski definition) is 3. The van der Waals surface area contributed by atoms with Gasteiger partial charge in [-0.05, 0) is 41.2 Å². The monoisotopic (exact) mass is 359 g/mol. The van der Waals surface area contributed by atoms with E-state index in [1.807, 2.05) is 12.1 Å². The molecule has 0 radical (unpaired) electrons. The Morgan fingerprint density at radius 3 is 2.22 bits per heavy atom. The molecule has 0 saturated carbocycles. The third-order valence-electron chi connectivity index (χ3n) is 4.92. The Balaban J connectivity index is 1.56. The Morgan fingerprint density at radius 1 is 0.963 bits per heavy atom. The summed E-state index contributed by atoms with van der Waals surface area (Å²) in [6.45, 7) is 0.153. The molecule has 2 aromatic carbocycles. The van der Waals surface area contributed by atoms with Crippen molar-refractivity contribution in [3.8, 4) is 0 Å². The molecular weight excluding hydrogens is 338 g/mol. The molecule has 136 valence electrons. The molecule has 1 amide bonds. The summed E-state index contributed by atoms with van der Waals surface area (Å²) in [6.07, 6.45) is 3.50. The molecule has 4 rings (SSSR count). The van der Waals surface area contributed by atoms with E-state index < -0.39 is 0 Å². The van der Waals surface area contributed by atoms with E-state index in [-0.39, 0.29) is 24.1 Å². The first-order chi connectivity index (χ1) is 13.2. The Hall–Kier alpha value is -3.18. The van der Waals surface area contributed by atoms with E-state index in [1.165, 1.54) is 34.5 Å². The molecule has 1 heterocycles. The van der Waals surface area contributed by atoms with Gasteiger partial charge in [0.1, 0.15) is 0 Å². The van der Waals surface area contributed by atoms with Crippen LogP contribution in [0.5, 0.6) is 0 Å². The maximum atomic E-state index is 12.4. The van der Waals surface area contributed by atoms with Gasteiger partial charge in [0.2, 0.25) is 11.5 Å². The standard InChI is InChI=1S/C22H21N3O2/c26-20-13-17(11-12-23-20)25-21(27)14-24-22-18-7-3-1-5-15(18)9-10-16-6-2-4-8-19(16)22/h1-8,11-13,22,24H,9-10,14H2,(H2,23,25,26,27). The van der Waals surface area contributed by atoms with Crippen LogP contribution in [0.4, 0.5) is 5.69 Å². The predicted molar refractivity (Wildman–Crippen MR) is 106 cm³/mol. The number of benzene rings is 2. The second kappa shape index (κ2) is 7.60. The fourth-order valence-electron chi connectivity index (χ4n) is 3.67. The van der Waals surface area contributed by atoms with E-state index >= 15 is 0 Å². The normalized spacial score (nSPS) is 13.3. The fourth-order valence-corrected chi connectivity index (χ4v) is 3.67. The van der Waals surface area contributed by atoms with Gasteiger partial charge in [0.25, 0.3) is 0 Å². The molecular formula is C22H21N3O2. The molecule has 27 heavy (non-hydrogen) atoms. The summed E-state index contributed by atoms with van der Waals surface area (Å²) >= 11 is 0. The molecule has 1 aliphatic carbocycles. The lowest BCUT2D eigenvalue weighted by Gasteiger charge is -2.21. The topological polar surface area (TPSA) is 74.0 Å². The molecule has 5 nitrogen and oxygen atoms in total. The average Bonchev–Trinajstić information content (AvgIpc) is 2.83. The van der Waals surface area contributed by atoms with Gasteiger partial charge in [-0.2, -0.15) is 0 Å². The van der Waals surface area contributed by atoms with Gasteiger partial charge in [0.05, 0.1) is 12.6 Å². The Morgan fingerprint density at radius 2 is 1.59 bits per heavy atom. The smallest absolute Gasteiger partial charge is 0.249 e. The molecule has 0 fully saturated rings. The lowest BCUT2D eigenvalue weighted by atomic mass is 9.94. The van der Waals surface area contributed by atoms with E-state index in [4.69, 9.17) is 0 Å². The van der Waals surface area contributed by atoms with Gasteiger partial charge in [-0.1, -0.05) is 48.5 Å². The van der Waals surface area contributed by atoms with Gasteiger partial charge in [-0.3, -0.25) is 14.9 Å². The highest BCUT2D eigenvalue weighted by Crippen LogP contribution is 2.32. The van der Waals surface area contributed by atoms with Crippen LogP contribution >= 0.6 is 0 Å². The van der Waals surface area contributed by atoms with Crippen LogP contribution in [-0.2, 0) is 17.6 Å². The third kappa shape index (κ3) is 3.83. The first kappa shape index (κ1) is 17.2. The van der Waals surface area contributed by atoms with Crippen molar-refractivity contribution in [3.05, 3.63) is 99.5 Å². The Kier molecular flexibility index (Phi) is 4.85. The van der Waals surface area contributed by atoms with Crippen LogP contribution in [-0.4, -0.2) is 17.4 Å². The Labute approximate surface area is 157 Å². The average molecular weight is 359 g/mol. The van der Waals surface area contributed by atoms with Crippen molar-refractivity contribution >= 4 is 11.6 Å².